The Morgan fingerprint density at radius 3 is 2.43 bits per heavy atom. The third kappa shape index (κ3) is 4.23. The van der Waals surface area contributed by atoms with Gasteiger partial charge < -0.3 is 5.32 Å². The summed E-state index contributed by atoms with van der Waals surface area (Å²) in [6.07, 6.45) is 0.651. The summed E-state index contributed by atoms with van der Waals surface area (Å²) in [4.78, 5) is 12.5. The van der Waals surface area contributed by atoms with Crippen molar-refractivity contribution in [1.29, 1.82) is 0 Å². The van der Waals surface area contributed by atoms with Gasteiger partial charge in [0.05, 0.1) is 10.7 Å². The number of halogens is 2. The minimum absolute atomic E-state index is 0.0875. The molecule has 1 amide bonds. The molecule has 110 valence electrons. The van der Waals surface area contributed by atoms with E-state index in [1.54, 1.807) is 18.2 Å². The van der Waals surface area contributed by atoms with Gasteiger partial charge in [-0.15, -0.1) is 0 Å². The number of hydrogen-bond donors (Lipinski definition) is 1. The largest absolute Gasteiger partial charge is 0.324 e. The highest BCUT2D eigenvalue weighted by atomic mass is 35.5. The van der Waals surface area contributed by atoms with E-state index in [2.05, 4.69) is 5.32 Å². The molecule has 2 aromatic rings. The molecule has 0 spiro atoms. The van der Waals surface area contributed by atoms with Crippen LogP contribution in [0.5, 0.6) is 0 Å². The molecular weight excluding hydrogens is 305 g/mol. The fourth-order valence-electron chi connectivity index (χ4n) is 2.07. The van der Waals surface area contributed by atoms with Gasteiger partial charge in [0.25, 0.3) is 0 Å². The lowest BCUT2D eigenvalue weighted by Gasteiger charge is -2.24. The minimum Gasteiger partial charge on any atom is -0.324 e. The molecule has 0 bridgehead atoms. The van der Waals surface area contributed by atoms with Crippen molar-refractivity contribution < 1.29 is 4.79 Å². The van der Waals surface area contributed by atoms with Crippen LogP contribution in [-0.2, 0) is 11.2 Å². The second-order valence-electron chi connectivity index (χ2n) is 5.62. The van der Waals surface area contributed by atoms with Gasteiger partial charge in [0, 0.05) is 10.4 Å². The van der Waals surface area contributed by atoms with E-state index in [0.29, 0.717) is 22.2 Å². The average Bonchev–Trinajstić information content (AvgIpc) is 2.43. The minimum atomic E-state index is -0.549. The number of nitrogens with one attached hydrogen (secondary N) is 1. The smallest absolute Gasteiger partial charge is 0.230 e. The summed E-state index contributed by atoms with van der Waals surface area (Å²) in [5.74, 6) is -0.0875. The molecule has 1 N–H and O–H groups in total. The molecule has 4 heteroatoms. The number of carbonyl (C=O) groups is 1. The Morgan fingerprint density at radius 1 is 1.10 bits per heavy atom. The summed E-state index contributed by atoms with van der Waals surface area (Å²) in [6, 6.07) is 14.9. The maximum absolute atomic E-state index is 12.5. The SMILES string of the molecule is CC(C)(Cc1ccccc1)C(=O)Nc1cc(Cl)ccc1Cl. The molecule has 0 radical (unpaired) electrons. The van der Waals surface area contributed by atoms with Crippen LogP contribution in [0.4, 0.5) is 5.69 Å². The van der Waals surface area contributed by atoms with Gasteiger partial charge in [-0.1, -0.05) is 67.4 Å². The zero-order chi connectivity index (χ0) is 15.5. The fraction of sp³-hybridized carbons (Fsp3) is 0.235. The second-order valence-corrected chi connectivity index (χ2v) is 6.47. The Labute approximate surface area is 135 Å². The number of carbonyl (C=O) groups excluding carboxylic acids is 1. The highest BCUT2D eigenvalue weighted by Crippen LogP contribution is 2.29. The van der Waals surface area contributed by atoms with E-state index >= 15 is 0 Å². The van der Waals surface area contributed by atoms with E-state index < -0.39 is 5.41 Å². The first kappa shape index (κ1) is 15.9. The van der Waals surface area contributed by atoms with Crippen LogP contribution >= 0.6 is 23.2 Å². The summed E-state index contributed by atoms with van der Waals surface area (Å²) in [6.45, 7) is 3.82. The Bertz CT molecular complexity index is 638. The molecule has 0 aliphatic rings. The van der Waals surface area contributed by atoms with Crippen molar-refractivity contribution in [1.82, 2.24) is 0 Å². The Kier molecular flexibility index (Phi) is 4.92. The molecule has 2 aromatic carbocycles. The first-order valence-electron chi connectivity index (χ1n) is 6.69. The van der Waals surface area contributed by atoms with Crippen LogP contribution in [0.3, 0.4) is 0 Å². The van der Waals surface area contributed by atoms with Gasteiger partial charge in [-0.2, -0.15) is 0 Å². The number of rotatable bonds is 4. The van der Waals surface area contributed by atoms with Crippen molar-refractivity contribution in [3.8, 4) is 0 Å². The number of anilines is 1. The molecule has 0 atom stereocenters. The van der Waals surface area contributed by atoms with Crippen LogP contribution < -0.4 is 5.32 Å². The van der Waals surface area contributed by atoms with Gasteiger partial charge in [0.15, 0.2) is 0 Å². The summed E-state index contributed by atoms with van der Waals surface area (Å²) in [5.41, 5.74) is 1.11. The molecule has 0 aliphatic carbocycles. The van der Waals surface area contributed by atoms with E-state index in [-0.39, 0.29) is 5.91 Å². The molecule has 0 aliphatic heterocycles. The Balaban J connectivity index is 2.13. The van der Waals surface area contributed by atoms with Gasteiger partial charge in [-0.3, -0.25) is 4.79 Å². The van der Waals surface area contributed by atoms with Gasteiger partial charge in [-0.25, -0.2) is 0 Å². The van der Waals surface area contributed by atoms with E-state index in [9.17, 15) is 4.79 Å². The monoisotopic (exact) mass is 321 g/mol. The number of benzene rings is 2. The van der Waals surface area contributed by atoms with Crippen LogP contribution in [0.15, 0.2) is 48.5 Å². The van der Waals surface area contributed by atoms with Crippen LogP contribution in [-0.4, -0.2) is 5.91 Å². The Hall–Kier alpha value is -1.51. The number of hydrogen-bond acceptors (Lipinski definition) is 1. The van der Waals surface area contributed by atoms with Crippen molar-refractivity contribution in [2.45, 2.75) is 20.3 Å². The highest BCUT2D eigenvalue weighted by Gasteiger charge is 2.28. The number of amides is 1. The summed E-state index contributed by atoms with van der Waals surface area (Å²) in [7, 11) is 0. The molecule has 21 heavy (non-hydrogen) atoms. The lowest BCUT2D eigenvalue weighted by atomic mass is 9.84. The van der Waals surface area contributed by atoms with Crippen molar-refractivity contribution in [2.75, 3.05) is 5.32 Å². The van der Waals surface area contributed by atoms with Crippen LogP contribution in [0, 0.1) is 5.41 Å². The predicted octanol–water partition coefficient (Wildman–Crippen LogP) is 5.20. The molecule has 0 saturated carbocycles. The van der Waals surface area contributed by atoms with Crippen LogP contribution in [0.25, 0.3) is 0 Å². The third-order valence-corrected chi connectivity index (χ3v) is 3.84. The van der Waals surface area contributed by atoms with Crippen molar-refractivity contribution in [2.24, 2.45) is 5.41 Å². The first-order valence-corrected chi connectivity index (χ1v) is 7.44. The van der Waals surface area contributed by atoms with E-state index in [1.165, 1.54) is 0 Å². The van der Waals surface area contributed by atoms with Gasteiger partial charge in [0.1, 0.15) is 0 Å². The molecule has 0 unspecified atom stereocenters. The first-order chi connectivity index (χ1) is 9.88. The highest BCUT2D eigenvalue weighted by molar-refractivity contribution is 6.35. The van der Waals surface area contributed by atoms with E-state index in [1.807, 2.05) is 44.2 Å². The van der Waals surface area contributed by atoms with Crippen LogP contribution in [0.1, 0.15) is 19.4 Å². The molecule has 2 nitrogen and oxygen atoms in total. The summed E-state index contributed by atoms with van der Waals surface area (Å²) >= 11 is 12.0. The average molecular weight is 322 g/mol. The molecule has 2 rings (SSSR count). The fourth-order valence-corrected chi connectivity index (χ4v) is 2.41. The maximum Gasteiger partial charge on any atom is 0.230 e. The quantitative estimate of drug-likeness (QED) is 0.823. The zero-order valence-corrected chi connectivity index (χ0v) is 13.5. The summed E-state index contributed by atoms with van der Waals surface area (Å²) < 4.78 is 0. The van der Waals surface area contributed by atoms with Gasteiger partial charge in [-0.05, 0) is 30.2 Å². The molecular formula is C17H17Cl2NO. The Morgan fingerprint density at radius 2 is 1.76 bits per heavy atom. The third-order valence-electron chi connectivity index (χ3n) is 3.28. The van der Waals surface area contributed by atoms with E-state index in [0.717, 1.165) is 5.56 Å². The van der Waals surface area contributed by atoms with E-state index in [4.69, 9.17) is 23.2 Å². The topological polar surface area (TPSA) is 29.1 Å². The van der Waals surface area contributed by atoms with Gasteiger partial charge >= 0.3 is 0 Å². The molecule has 0 heterocycles. The lowest BCUT2D eigenvalue weighted by molar-refractivity contribution is -0.123. The lowest BCUT2D eigenvalue weighted by Crippen LogP contribution is -2.32. The maximum atomic E-state index is 12.5. The van der Waals surface area contributed by atoms with Crippen LogP contribution in [0.2, 0.25) is 10.0 Å². The second kappa shape index (κ2) is 6.50. The predicted molar refractivity (Wildman–Crippen MR) is 89.0 cm³/mol. The standard InChI is InChI=1S/C17H17Cl2NO/c1-17(2,11-12-6-4-3-5-7-12)16(21)20-15-10-13(18)8-9-14(15)19/h3-10H,11H2,1-2H3,(H,20,21). The van der Waals surface area contributed by atoms with Crippen molar-refractivity contribution in [3.05, 3.63) is 64.1 Å². The normalized spacial score (nSPS) is 11.2. The van der Waals surface area contributed by atoms with Crippen molar-refractivity contribution in [3.63, 3.8) is 0 Å². The molecule has 0 fully saturated rings. The molecule has 0 aromatic heterocycles. The zero-order valence-electron chi connectivity index (χ0n) is 12.0. The van der Waals surface area contributed by atoms with Gasteiger partial charge in [0.2, 0.25) is 5.91 Å². The van der Waals surface area contributed by atoms with Crippen molar-refractivity contribution >= 4 is 34.8 Å². The summed E-state index contributed by atoms with van der Waals surface area (Å²) in [5, 5.41) is 3.87. The molecule has 0 saturated heterocycles.